The molecule has 0 radical (unpaired) electrons. The van der Waals surface area contributed by atoms with Gasteiger partial charge in [0.25, 0.3) is 0 Å². The minimum atomic E-state index is 0.411. The molecule has 0 saturated carbocycles. The van der Waals surface area contributed by atoms with Crippen molar-refractivity contribution in [1.82, 2.24) is 9.55 Å². The monoisotopic (exact) mass is 273 g/mol. The molecule has 0 aliphatic rings. The van der Waals surface area contributed by atoms with Crippen LogP contribution in [0.5, 0.6) is 0 Å². The molecular formula is C10H9Cl2N3S. The SMILES string of the molecule is Cc1nc2cc(Cl)c(Cl)cc2n1CC(N)=S. The third kappa shape index (κ3) is 2.00. The first kappa shape index (κ1) is 11.6. The number of hydrogen-bond acceptors (Lipinski definition) is 2. The maximum Gasteiger partial charge on any atom is 0.107 e. The fraction of sp³-hybridized carbons (Fsp3) is 0.200. The molecule has 0 atom stereocenters. The van der Waals surface area contributed by atoms with Gasteiger partial charge in [0, 0.05) is 0 Å². The second kappa shape index (κ2) is 4.20. The van der Waals surface area contributed by atoms with Crippen LogP contribution in [0.2, 0.25) is 10.0 Å². The average Bonchev–Trinajstić information content (AvgIpc) is 2.45. The molecule has 0 bridgehead atoms. The summed E-state index contributed by atoms with van der Waals surface area (Å²) in [6.07, 6.45) is 0. The largest absolute Gasteiger partial charge is 0.392 e. The van der Waals surface area contributed by atoms with Crippen LogP contribution in [0.15, 0.2) is 12.1 Å². The van der Waals surface area contributed by atoms with Crippen LogP contribution in [0.25, 0.3) is 11.0 Å². The highest BCUT2D eigenvalue weighted by atomic mass is 35.5. The van der Waals surface area contributed by atoms with Crippen LogP contribution in [0, 0.1) is 6.92 Å². The number of halogens is 2. The van der Waals surface area contributed by atoms with Gasteiger partial charge in [0.15, 0.2) is 0 Å². The first-order valence-corrected chi connectivity index (χ1v) is 5.75. The maximum absolute atomic E-state index is 5.97. The van der Waals surface area contributed by atoms with Crippen LogP contribution in [0.4, 0.5) is 0 Å². The highest BCUT2D eigenvalue weighted by Crippen LogP contribution is 2.28. The number of nitrogens with two attached hydrogens (primary N) is 1. The van der Waals surface area contributed by atoms with E-state index in [4.69, 9.17) is 41.2 Å². The Bertz CT molecular complexity index is 577. The van der Waals surface area contributed by atoms with E-state index in [1.54, 1.807) is 12.1 Å². The van der Waals surface area contributed by atoms with Gasteiger partial charge in [-0.05, 0) is 19.1 Å². The number of aromatic nitrogens is 2. The van der Waals surface area contributed by atoms with Crippen molar-refractivity contribution in [2.45, 2.75) is 13.5 Å². The Hall–Kier alpha value is -0.840. The van der Waals surface area contributed by atoms with Gasteiger partial charge in [0.05, 0.1) is 32.6 Å². The zero-order chi connectivity index (χ0) is 11.9. The van der Waals surface area contributed by atoms with Gasteiger partial charge in [-0.1, -0.05) is 35.4 Å². The quantitative estimate of drug-likeness (QED) is 0.856. The standard InChI is InChI=1S/C10H9Cl2N3S/c1-5-14-8-2-6(11)7(12)3-9(8)15(5)4-10(13)16/h2-3H,4H2,1H3,(H2,13,16). The second-order valence-corrected chi connectivity index (χ2v) is 4.81. The molecule has 0 aliphatic heterocycles. The zero-order valence-electron chi connectivity index (χ0n) is 8.50. The number of rotatable bonds is 2. The summed E-state index contributed by atoms with van der Waals surface area (Å²) < 4.78 is 1.92. The average molecular weight is 274 g/mol. The van der Waals surface area contributed by atoms with Crippen molar-refractivity contribution >= 4 is 51.4 Å². The molecule has 0 fully saturated rings. The molecule has 0 aliphatic carbocycles. The molecule has 1 heterocycles. The Balaban J connectivity index is 2.68. The second-order valence-electron chi connectivity index (χ2n) is 3.47. The van der Waals surface area contributed by atoms with E-state index in [1.807, 2.05) is 11.5 Å². The van der Waals surface area contributed by atoms with E-state index in [1.165, 1.54) is 0 Å². The summed E-state index contributed by atoms with van der Waals surface area (Å²) in [5, 5.41) is 0.993. The summed E-state index contributed by atoms with van der Waals surface area (Å²) in [6, 6.07) is 3.51. The minimum Gasteiger partial charge on any atom is -0.392 e. The number of aryl methyl sites for hydroxylation is 1. The number of hydrogen-bond donors (Lipinski definition) is 1. The molecule has 3 nitrogen and oxygen atoms in total. The molecule has 84 valence electrons. The Kier molecular flexibility index (Phi) is 3.06. The van der Waals surface area contributed by atoms with Crippen molar-refractivity contribution in [3.8, 4) is 0 Å². The highest BCUT2D eigenvalue weighted by molar-refractivity contribution is 7.80. The van der Waals surface area contributed by atoms with Crippen LogP contribution in [0.1, 0.15) is 5.82 Å². The van der Waals surface area contributed by atoms with E-state index >= 15 is 0 Å². The summed E-state index contributed by atoms with van der Waals surface area (Å²) in [5.74, 6) is 0.834. The molecule has 0 amide bonds. The van der Waals surface area contributed by atoms with Crippen molar-refractivity contribution in [1.29, 1.82) is 0 Å². The lowest BCUT2D eigenvalue weighted by Gasteiger charge is -2.05. The van der Waals surface area contributed by atoms with Crippen LogP contribution >= 0.6 is 35.4 Å². The molecule has 0 unspecified atom stereocenters. The van der Waals surface area contributed by atoms with Crippen LogP contribution in [0.3, 0.4) is 0 Å². The number of benzene rings is 1. The summed E-state index contributed by atoms with van der Waals surface area (Å²) >= 11 is 16.8. The van der Waals surface area contributed by atoms with Crippen molar-refractivity contribution in [2.24, 2.45) is 5.73 Å². The molecule has 2 rings (SSSR count). The van der Waals surface area contributed by atoms with E-state index in [9.17, 15) is 0 Å². The molecule has 0 spiro atoms. The molecule has 2 aromatic rings. The summed E-state index contributed by atoms with van der Waals surface area (Å²) in [5.41, 5.74) is 7.22. The van der Waals surface area contributed by atoms with Gasteiger partial charge in [-0.15, -0.1) is 0 Å². The van der Waals surface area contributed by atoms with Crippen molar-refractivity contribution in [2.75, 3.05) is 0 Å². The number of nitrogens with zero attached hydrogens (tertiary/aromatic N) is 2. The van der Waals surface area contributed by atoms with E-state index in [2.05, 4.69) is 4.98 Å². The van der Waals surface area contributed by atoms with Gasteiger partial charge in [0.1, 0.15) is 5.82 Å². The number of fused-ring (bicyclic) bond motifs is 1. The highest BCUT2D eigenvalue weighted by Gasteiger charge is 2.10. The lowest BCUT2D eigenvalue weighted by Crippen LogP contribution is -2.17. The molecule has 1 aromatic carbocycles. The van der Waals surface area contributed by atoms with Gasteiger partial charge >= 0.3 is 0 Å². The minimum absolute atomic E-state index is 0.411. The van der Waals surface area contributed by atoms with Crippen molar-refractivity contribution in [3.05, 3.63) is 28.0 Å². The number of thiocarbonyl (C=S) groups is 1. The fourth-order valence-corrected chi connectivity index (χ4v) is 2.04. The molecule has 1 aromatic heterocycles. The first-order chi connectivity index (χ1) is 7.49. The zero-order valence-corrected chi connectivity index (χ0v) is 10.8. The van der Waals surface area contributed by atoms with Gasteiger partial charge < -0.3 is 10.3 Å². The lowest BCUT2D eigenvalue weighted by molar-refractivity contribution is 0.835. The van der Waals surface area contributed by atoms with E-state index in [-0.39, 0.29) is 0 Å². The van der Waals surface area contributed by atoms with E-state index in [0.717, 1.165) is 16.9 Å². The number of imidazole rings is 1. The van der Waals surface area contributed by atoms with Crippen molar-refractivity contribution in [3.63, 3.8) is 0 Å². The van der Waals surface area contributed by atoms with Gasteiger partial charge in [0.2, 0.25) is 0 Å². The van der Waals surface area contributed by atoms with Crippen LogP contribution in [-0.2, 0) is 6.54 Å². The topological polar surface area (TPSA) is 43.8 Å². The van der Waals surface area contributed by atoms with Gasteiger partial charge in [-0.2, -0.15) is 0 Å². The summed E-state index contributed by atoms with van der Waals surface area (Å²) in [6.45, 7) is 2.34. The van der Waals surface area contributed by atoms with E-state index in [0.29, 0.717) is 21.6 Å². The third-order valence-corrected chi connectivity index (χ3v) is 3.15. The molecule has 2 N–H and O–H groups in total. The summed E-state index contributed by atoms with van der Waals surface area (Å²) in [4.78, 5) is 4.78. The Morgan fingerprint density at radius 2 is 2.06 bits per heavy atom. The Morgan fingerprint density at radius 1 is 1.44 bits per heavy atom. The van der Waals surface area contributed by atoms with Crippen LogP contribution < -0.4 is 5.73 Å². The Morgan fingerprint density at radius 3 is 2.69 bits per heavy atom. The predicted molar refractivity (Wildman–Crippen MR) is 71.3 cm³/mol. The summed E-state index contributed by atoms with van der Waals surface area (Å²) in [7, 11) is 0. The van der Waals surface area contributed by atoms with Gasteiger partial charge in [-0.25, -0.2) is 4.98 Å². The smallest absolute Gasteiger partial charge is 0.107 e. The maximum atomic E-state index is 5.97. The third-order valence-electron chi connectivity index (χ3n) is 2.30. The first-order valence-electron chi connectivity index (χ1n) is 4.59. The van der Waals surface area contributed by atoms with Gasteiger partial charge in [-0.3, -0.25) is 0 Å². The van der Waals surface area contributed by atoms with E-state index < -0.39 is 0 Å². The fourth-order valence-electron chi connectivity index (χ4n) is 1.60. The van der Waals surface area contributed by atoms with Crippen molar-refractivity contribution < 1.29 is 0 Å². The Labute approximate surface area is 108 Å². The normalized spacial score (nSPS) is 10.9. The molecule has 16 heavy (non-hydrogen) atoms. The predicted octanol–water partition coefficient (Wildman–Crippen LogP) is 2.94. The molecular weight excluding hydrogens is 265 g/mol. The lowest BCUT2D eigenvalue weighted by atomic mass is 10.3. The molecule has 6 heteroatoms. The molecule has 0 saturated heterocycles. The van der Waals surface area contributed by atoms with Crippen LogP contribution in [-0.4, -0.2) is 14.5 Å².